The predicted octanol–water partition coefficient (Wildman–Crippen LogP) is 0.300. The van der Waals surface area contributed by atoms with Gasteiger partial charge in [0.1, 0.15) is 0 Å². The van der Waals surface area contributed by atoms with Crippen molar-refractivity contribution in [3.63, 3.8) is 0 Å². The summed E-state index contributed by atoms with van der Waals surface area (Å²) in [4.78, 5) is 11.6. The average molecular weight is 207 g/mol. The Morgan fingerprint density at radius 1 is 1.47 bits per heavy atom. The van der Waals surface area contributed by atoms with Crippen LogP contribution in [0.15, 0.2) is 23.0 Å². The van der Waals surface area contributed by atoms with Gasteiger partial charge < -0.3 is 14.4 Å². The van der Waals surface area contributed by atoms with Crippen molar-refractivity contribution >= 4 is 0 Å². The van der Waals surface area contributed by atoms with Gasteiger partial charge in [-0.2, -0.15) is 0 Å². The van der Waals surface area contributed by atoms with Gasteiger partial charge in [-0.05, 0) is 12.5 Å². The minimum Gasteiger partial charge on any atom is -0.368 e. The Morgan fingerprint density at radius 3 is 3.20 bits per heavy atom. The standard InChI is InChI=1S/C11H13NO3/c13-10-3-1-2-9-8-4-7(5-12(9)10)11(14)15-6-8/h1-3,7-8,11,14H,4-6H2. The second-order valence-electron chi connectivity index (χ2n) is 4.32. The van der Waals surface area contributed by atoms with Gasteiger partial charge in [0.25, 0.3) is 5.56 Å². The molecule has 4 heteroatoms. The molecule has 2 bridgehead atoms. The number of fused-ring (bicyclic) bond motifs is 4. The zero-order chi connectivity index (χ0) is 10.4. The molecule has 0 amide bonds. The van der Waals surface area contributed by atoms with E-state index >= 15 is 0 Å². The largest absolute Gasteiger partial charge is 0.368 e. The van der Waals surface area contributed by atoms with Crippen molar-refractivity contribution in [2.45, 2.75) is 25.2 Å². The Balaban J connectivity index is 2.11. The predicted molar refractivity (Wildman–Crippen MR) is 53.5 cm³/mol. The van der Waals surface area contributed by atoms with Gasteiger partial charge in [-0.25, -0.2) is 0 Å². The lowest BCUT2D eigenvalue weighted by Gasteiger charge is -2.39. The molecule has 3 atom stereocenters. The van der Waals surface area contributed by atoms with E-state index in [0.29, 0.717) is 13.2 Å². The summed E-state index contributed by atoms with van der Waals surface area (Å²) in [7, 11) is 0. The third-order valence-corrected chi connectivity index (χ3v) is 3.38. The highest BCUT2D eigenvalue weighted by molar-refractivity contribution is 5.15. The molecule has 3 rings (SSSR count). The van der Waals surface area contributed by atoms with E-state index in [9.17, 15) is 9.90 Å². The lowest BCUT2D eigenvalue weighted by atomic mass is 9.85. The number of nitrogens with zero attached hydrogens (tertiary/aromatic N) is 1. The van der Waals surface area contributed by atoms with Crippen molar-refractivity contribution in [3.8, 4) is 0 Å². The van der Waals surface area contributed by atoms with E-state index in [1.807, 2.05) is 6.07 Å². The number of aliphatic hydroxyl groups is 1. The average Bonchev–Trinajstić information content (AvgIpc) is 2.25. The van der Waals surface area contributed by atoms with Crippen LogP contribution in [-0.2, 0) is 11.3 Å². The van der Waals surface area contributed by atoms with Gasteiger partial charge in [-0.3, -0.25) is 4.79 Å². The van der Waals surface area contributed by atoms with Crippen LogP contribution in [0, 0.1) is 5.92 Å². The molecule has 2 aliphatic rings. The Bertz CT molecular complexity index is 440. The molecule has 3 unspecified atom stereocenters. The fourth-order valence-corrected chi connectivity index (χ4v) is 2.59. The topological polar surface area (TPSA) is 51.5 Å². The van der Waals surface area contributed by atoms with Crippen LogP contribution < -0.4 is 5.56 Å². The highest BCUT2D eigenvalue weighted by Crippen LogP contribution is 2.35. The molecule has 15 heavy (non-hydrogen) atoms. The Kier molecular flexibility index (Phi) is 1.94. The van der Waals surface area contributed by atoms with Crippen molar-refractivity contribution in [1.82, 2.24) is 4.57 Å². The molecule has 0 radical (unpaired) electrons. The number of hydrogen-bond donors (Lipinski definition) is 1. The first kappa shape index (κ1) is 9.12. The van der Waals surface area contributed by atoms with Crippen molar-refractivity contribution in [1.29, 1.82) is 0 Å². The van der Waals surface area contributed by atoms with Gasteiger partial charge in [0.05, 0.1) is 6.61 Å². The number of pyridine rings is 1. The molecule has 1 aromatic rings. The highest BCUT2D eigenvalue weighted by Gasteiger charge is 2.36. The van der Waals surface area contributed by atoms with E-state index in [-0.39, 0.29) is 17.4 Å². The molecule has 1 fully saturated rings. The van der Waals surface area contributed by atoms with Gasteiger partial charge in [0.2, 0.25) is 0 Å². The second kappa shape index (κ2) is 3.18. The number of aliphatic hydroxyl groups excluding tert-OH is 1. The molecule has 1 saturated heterocycles. The van der Waals surface area contributed by atoms with Crippen LogP contribution >= 0.6 is 0 Å². The van der Waals surface area contributed by atoms with Crippen LogP contribution in [0.5, 0.6) is 0 Å². The number of hydrogen-bond acceptors (Lipinski definition) is 3. The van der Waals surface area contributed by atoms with Crippen LogP contribution in [0.3, 0.4) is 0 Å². The van der Waals surface area contributed by atoms with Crippen molar-refractivity contribution in [2.75, 3.05) is 6.61 Å². The van der Waals surface area contributed by atoms with E-state index in [4.69, 9.17) is 4.74 Å². The van der Waals surface area contributed by atoms with Crippen molar-refractivity contribution < 1.29 is 9.84 Å². The van der Waals surface area contributed by atoms with E-state index < -0.39 is 6.29 Å². The molecular weight excluding hydrogens is 194 g/mol. The summed E-state index contributed by atoms with van der Waals surface area (Å²) in [6.45, 7) is 1.09. The van der Waals surface area contributed by atoms with Crippen LogP contribution in [-0.4, -0.2) is 22.6 Å². The molecular formula is C11H13NO3. The van der Waals surface area contributed by atoms with E-state index in [1.54, 1.807) is 16.7 Å². The summed E-state index contributed by atoms with van der Waals surface area (Å²) in [5, 5.41) is 9.60. The maximum atomic E-state index is 11.6. The lowest BCUT2D eigenvalue weighted by molar-refractivity contribution is -0.174. The fraction of sp³-hybridized carbons (Fsp3) is 0.545. The first-order valence-corrected chi connectivity index (χ1v) is 5.25. The zero-order valence-electron chi connectivity index (χ0n) is 8.30. The monoisotopic (exact) mass is 207 g/mol. The van der Waals surface area contributed by atoms with Gasteiger partial charge in [0, 0.05) is 30.1 Å². The smallest absolute Gasteiger partial charge is 0.250 e. The van der Waals surface area contributed by atoms with Crippen LogP contribution in [0.2, 0.25) is 0 Å². The Hall–Kier alpha value is -1.13. The molecule has 0 saturated carbocycles. The highest BCUT2D eigenvalue weighted by atomic mass is 16.6. The van der Waals surface area contributed by atoms with Crippen LogP contribution in [0.1, 0.15) is 18.0 Å². The summed E-state index contributed by atoms with van der Waals surface area (Å²) in [5.74, 6) is 0.331. The molecule has 0 spiro atoms. The normalized spacial score (nSPS) is 33.5. The summed E-state index contributed by atoms with van der Waals surface area (Å²) in [6.07, 6.45) is 0.214. The maximum absolute atomic E-state index is 11.6. The molecule has 1 aromatic heterocycles. The van der Waals surface area contributed by atoms with Crippen molar-refractivity contribution in [3.05, 3.63) is 34.2 Å². The minimum absolute atomic E-state index is 0.0244. The fourth-order valence-electron chi connectivity index (χ4n) is 2.59. The first-order chi connectivity index (χ1) is 7.25. The van der Waals surface area contributed by atoms with Gasteiger partial charge in [0.15, 0.2) is 6.29 Å². The number of ether oxygens (including phenoxy) is 1. The van der Waals surface area contributed by atoms with Crippen LogP contribution in [0.25, 0.3) is 0 Å². The zero-order valence-corrected chi connectivity index (χ0v) is 8.30. The van der Waals surface area contributed by atoms with E-state index in [2.05, 4.69) is 0 Å². The van der Waals surface area contributed by atoms with E-state index in [1.165, 1.54) is 0 Å². The minimum atomic E-state index is -0.707. The third kappa shape index (κ3) is 1.33. The molecule has 0 aromatic carbocycles. The Morgan fingerprint density at radius 2 is 2.33 bits per heavy atom. The van der Waals surface area contributed by atoms with Crippen molar-refractivity contribution in [2.24, 2.45) is 5.92 Å². The summed E-state index contributed by atoms with van der Waals surface area (Å²) >= 11 is 0. The molecule has 2 aliphatic heterocycles. The second-order valence-corrected chi connectivity index (χ2v) is 4.32. The molecule has 4 nitrogen and oxygen atoms in total. The lowest BCUT2D eigenvalue weighted by Crippen LogP contribution is -2.44. The molecule has 80 valence electrons. The first-order valence-electron chi connectivity index (χ1n) is 5.25. The number of aromatic nitrogens is 1. The van der Waals surface area contributed by atoms with Gasteiger partial charge >= 0.3 is 0 Å². The maximum Gasteiger partial charge on any atom is 0.250 e. The summed E-state index contributed by atoms with van der Waals surface area (Å²) < 4.78 is 7.05. The van der Waals surface area contributed by atoms with Crippen LogP contribution in [0.4, 0.5) is 0 Å². The quantitative estimate of drug-likeness (QED) is 0.665. The number of rotatable bonds is 0. The molecule has 1 N–H and O–H groups in total. The van der Waals surface area contributed by atoms with E-state index in [0.717, 1.165) is 12.1 Å². The SMILES string of the molecule is O=c1cccc2n1CC1CC2COC1O. The third-order valence-electron chi connectivity index (χ3n) is 3.38. The molecule has 3 heterocycles. The van der Waals surface area contributed by atoms with Gasteiger partial charge in [-0.15, -0.1) is 0 Å². The Labute approximate surface area is 87.1 Å². The molecule has 0 aliphatic carbocycles. The summed E-state index contributed by atoms with van der Waals surface area (Å²) in [5.41, 5.74) is 1.07. The summed E-state index contributed by atoms with van der Waals surface area (Å²) in [6, 6.07) is 5.33. The van der Waals surface area contributed by atoms with Gasteiger partial charge in [-0.1, -0.05) is 6.07 Å².